The minimum Gasteiger partial charge on any atom is -0.398 e. The molecule has 0 heterocycles. The molecule has 0 saturated heterocycles. The molecule has 0 aliphatic heterocycles. The normalized spacial score (nSPS) is 16.1. The van der Waals surface area contributed by atoms with Crippen LogP contribution in [0.2, 0.25) is 40.8 Å². The van der Waals surface area contributed by atoms with Gasteiger partial charge in [0, 0.05) is 39.5 Å². The van der Waals surface area contributed by atoms with Gasteiger partial charge in [-0.05, 0) is 55.6 Å². The summed E-state index contributed by atoms with van der Waals surface area (Å²) in [6.45, 7) is 26.0. The first-order valence-electron chi connectivity index (χ1n) is 12.2. The molecule has 0 aromatic rings. The molecule has 0 spiro atoms. The molecule has 0 amide bonds. The number of hydrogen-bond donors (Lipinski definition) is 0. The van der Waals surface area contributed by atoms with Crippen molar-refractivity contribution in [2.75, 3.05) is 41.5 Å². The maximum atomic E-state index is 5.86. The van der Waals surface area contributed by atoms with Crippen LogP contribution in [0.3, 0.4) is 0 Å². The van der Waals surface area contributed by atoms with Crippen molar-refractivity contribution < 1.29 is 17.7 Å². The van der Waals surface area contributed by atoms with E-state index in [9.17, 15) is 0 Å². The largest absolute Gasteiger partial charge is 0.398 e. The van der Waals surface area contributed by atoms with Crippen LogP contribution in [0.15, 0.2) is 0 Å². The lowest BCUT2D eigenvalue weighted by atomic mass is 10.3. The molecule has 8 heteroatoms. The Morgan fingerprint density at radius 2 is 0.806 bits per heavy atom. The second kappa shape index (κ2) is 13.4. The summed E-state index contributed by atoms with van der Waals surface area (Å²) in [5.74, 6) is 0. The van der Waals surface area contributed by atoms with E-state index in [0.717, 1.165) is 25.9 Å². The molecule has 0 aromatic carbocycles. The molecule has 0 bridgehead atoms. The van der Waals surface area contributed by atoms with Crippen molar-refractivity contribution >= 4 is 25.4 Å². The Labute approximate surface area is 198 Å². The van der Waals surface area contributed by atoms with Crippen LogP contribution in [0.5, 0.6) is 0 Å². The molecule has 2 atom stereocenters. The minimum atomic E-state index is -2.14. The fraction of sp³-hybridized carbons (Fsp3) is 1.00. The lowest BCUT2D eigenvalue weighted by molar-refractivity contribution is 0.228. The van der Waals surface area contributed by atoms with Gasteiger partial charge in [-0.3, -0.25) is 0 Å². The van der Waals surface area contributed by atoms with Gasteiger partial charge in [0.1, 0.15) is 8.24 Å². The molecule has 0 saturated carbocycles. The highest BCUT2D eigenvalue weighted by atomic mass is 28.4. The SMILES string of the molecule is CO[Si](C)(OC)C(C)CCN(CCC(C)[Si](C)(OC)OC)[Si](C(C)C)(C(C)C)C(C)C. The lowest BCUT2D eigenvalue weighted by Gasteiger charge is -2.52. The van der Waals surface area contributed by atoms with E-state index in [0.29, 0.717) is 27.7 Å². The quantitative estimate of drug-likeness (QED) is 0.222. The average molecular weight is 494 g/mol. The molecule has 188 valence electrons. The second-order valence-corrected chi connectivity index (χ2v) is 24.1. The summed E-state index contributed by atoms with van der Waals surface area (Å²) in [7, 11) is 1.20. The van der Waals surface area contributed by atoms with E-state index in [1.807, 2.05) is 28.4 Å². The molecule has 31 heavy (non-hydrogen) atoms. The van der Waals surface area contributed by atoms with E-state index in [1.165, 1.54) is 0 Å². The van der Waals surface area contributed by atoms with E-state index in [-0.39, 0.29) is 0 Å². The first-order valence-corrected chi connectivity index (χ1v) is 19.2. The van der Waals surface area contributed by atoms with Crippen LogP contribution >= 0.6 is 0 Å². The van der Waals surface area contributed by atoms with Gasteiger partial charge in [0.15, 0.2) is 0 Å². The number of nitrogens with zero attached hydrogens (tertiary/aromatic N) is 1. The van der Waals surface area contributed by atoms with E-state index in [1.54, 1.807) is 0 Å². The monoisotopic (exact) mass is 493 g/mol. The van der Waals surface area contributed by atoms with Crippen molar-refractivity contribution in [1.82, 2.24) is 4.57 Å². The molecule has 0 N–H and O–H groups in total. The second-order valence-electron chi connectivity index (χ2n) is 10.6. The summed E-state index contributed by atoms with van der Waals surface area (Å²) < 4.78 is 26.4. The summed E-state index contributed by atoms with van der Waals surface area (Å²) in [5, 5.41) is 0. The Morgan fingerprint density at radius 1 is 0.548 bits per heavy atom. The number of rotatable bonds is 16. The molecule has 0 radical (unpaired) electrons. The zero-order valence-electron chi connectivity index (χ0n) is 23.3. The summed E-state index contributed by atoms with van der Waals surface area (Å²) in [4.78, 5) is 0. The molecule has 5 nitrogen and oxygen atoms in total. The van der Waals surface area contributed by atoms with Crippen molar-refractivity contribution in [1.29, 1.82) is 0 Å². The lowest BCUT2D eigenvalue weighted by Crippen LogP contribution is -2.61. The highest BCUT2D eigenvalue weighted by Gasteiger charge is 2.49. The van der Waals surface area contributed by atoms with Crippen LogP contribution in [0, 0.1) is 0 Å². The Morgan fingerprint density at radius 3 is 1.00 bits per heavy atom. The Kier molecular flexibility index (Phi) is 13.6. The van der Waals surface area contributed by atoms with Crippen LogP contribution in [-0.4, -0.2) is 71.5 Å². The fourth-order valence-electron chi connectivity index (χ4n) is 5.79. The van der Waals surface area contributed by atoms with Gasteiger partial charge in [0.2, 0.25) is 0 Å². The van der Waals surface area contributed by atoms with E-state index in [2.05, 4.69) is 73.0 Å². The van der Waals surface area contributed by atoms with Gasteiger partial charge in [0.25, 0.3) is 0 Å². The van der Waals surface area contributed by atoms with E-state index >= 15 is 0 Å². The molecule has 0 rings (SSSR count). The minimum absolute atomic E-state index is 0.443. The molecule has 0 aliphatic rings. The van der Waals surface area contributed by atoms with Crippen LogP contribution in [0.4, 0.5) is 0 Å². The van der Waals surface area contributed by atoms with Gasteiger partial charge in [0.05, 0.1) is 0 Å². The van der Waals surface area contributed by atoms with Gasteiger partial charge in [-0.15, -0.1) is 0 Å². The summed E-state index contributed by atoms with van der Waals surface area (Å²) in [6.07, 6.45) is 2.23. The van der Waals surface area contributed by atoms with Crippen molar-refractivity contribution in [3.05, 3.63) is 0 Å². The smallest absolute Gasteiger partial charge is 0.337 e. The molecule has 0 fully saturated rings. The van der Waals surface area contributed by atoms with Crippen LogP contribution in [0.25, 0.3) is 0 Å². The Hall–Kier alpha value is 0.451. The zero-order valence-corrected chi connectivity index (χ0v) is 26.3. The molecule has 0 aromatic heterocycles. The summed E-state index contributed by atoms with van der Waals surface area (Å²) in [6, 6.07) is 0. The summed E-state index contributed by atoms with van der Waals surface area (Å²) >= 11 is 0. The first kappa shape index (κ1) is 31.5. The Balaban J connectivity index is 5.91. The van der Waals surface area contributed by atoms with E-state index < -0.39 is 25.4 Å². The van der Waals surface area contributed by atoms with Gasteiger partial charge >= 0.3 is 17.1 Å². The van der Waals surface area contributed by atoms with Crippen molar-refractivity contribution in [3.8, 4) is 0 Å². The Bertz CT molecular complexity index is 447. The van der Waals surface area contributed by atoms with Crippen LogP contribution in [0.1, 0.15) is 68.2 Å². The van der Waals surface area contributed by atoms with Crippen LogP contribution in [-0.2, 0) is 17.7 Å². The topological polar surface area (TPSA) is 40.2 Å². The molecule has 2 unspecified atom stereocenters. The van der Waals surface area contributed by atoms with Gasteiger partial charge in [-0.25, -0.2) is 0 Å². The molecular formula is C23H55NO4Si3. The maximum absolute atomic E-state index is 5.86. The highest BCUT2D eigenvalue weighted by Crippen LogP contribution is 2.45. The first-order chi connectivity index (χ1) is 14.2. The fourth-order valence-corrected chi connectivity index (χ4v) is 16.3. The average Bonchev–Trinajstić information content (AvgIpc) is 2.72. The predicted molar refractivity (Wildman–Crippen MR) is 142 cm³/mol. The third-order valence-electron chi connectivity index (χ3n) is 8.40. The van der Waals surface area contributed by atoms with Crippen LogP contribution < -0.4 is 0 Å². The third kappa shape index (κ3) is 7.21. The maximum Gasteiger partial charge on any atom is 0.337 e. The molecular weight excluding hydrogens is 439 g/mol. The van der Waals surface area contributed by atoms with Gasteiger partial charge in [-0.1, -0.05) is 55.4 Å². The zero-order chi connectivity index (χ0) is 24.6. The van der Waals surface area contributed by atoms with E-state index in [4.69, 9.17) is 17.7 Å². The van der Waals surface area contributed by atoms with Crippen molar-refractivity contribution in [2.24, 2.45) is 0 Å². The summed E-state index contributed by atoms with van der Waals surface area (Å²) in [5.41, 5.74) is 2.97. The standard InChI is InChI=1S/C23H55NO4Si3/c1-19(2)31(20(3)4,21(5)6)24(17-15-22(7)29(13,25-9)26-10)18-16-23(8)30(14,27-11)28-12/h19-23H,15-18H2,1-14H3. The number of hydrogen-bond acceptors (Lipinski definition) is 5. The highest BCUT2D eigenvalue weighted by molar-refractivity contribution is 6.81. The van der Waals surface area contributed by atoms with Gasteiger partial charge < -0.3 is 22.3 Å². The van der Waals surface area contributed by atoms with Gasteiger partial charge in [-0.2, -0.15) is 0 Å². The van der Waals surface area contributed by atoms with Crippen molar-refractivity contribution in [3.63, 3.8) is 0 Å². The van der Waals surface area contributed by atoms with Crippen molar-refractivity contribution in [2.45, 2.75) is 109 Å². The predicted octanol–water partition coefficient (Wildman–Crippen LogP) is 6.75. The molecule has 0 aliphatic carbocycles. The third-order valence-corrected chi connectivity index (χ3v) is 22.9.